The third-order valence-electron chi connectivity index (χ3n) is 2.32. The van der Waals surface area contributed by atoms with Crippen LogP contribution in [-0.2, 0) is 4.74 Å². The molecule has 0 saturated carbocycles. The second-order valence-electron chi connectivity index (χ2n) is 3.50. The predicted molar refractivity (Wildman–Crippen MR) is 61.0 cm³/mol. The Hall–Kier alpha value is -1.11. The van der Waals surface area contributed by atoms with E-state index in [0.29, 0.717) is 18.8 Å². The third kappa shape index (κ3) is 2.72. The fourth-order valence-electron chi connectivity index (χ4n) is 1.48. The van der Waals surface area contributed by atoms with Crippen LogP contribution in [0.4, 0.5) is 5.69 Å². The molecule has 0 aliphatic carbocycles. The van der Waals surface area contributed by atoms with E-state index in [-0.39, 0.29) is 11.1 Å². The lowest BCUT2D eigenvalue weighted by Gasteiger charge is -2.24. The fraction of sp³-hybridized carbons (Fsp3) is 0.556. The molecule has 1 unspecified atom stereocenters. The van der Waals surface area contributed by atoms with E-state index in [0.717, 1.165) is 13.1 Å². The van der Waals surface area contributed by atoms with Crippen molar-refractivity contribution in [2.24, 2.45) is 0 Å². The summed E-state index contributed by atoms with van der Waals surface area (Å²) in [6.45, 7) is 2.97. The van der Waals surface area contributed by atoms with Crippen LogP contribution in [0.25, 0.3) is 0 Å². The summed E-state index contributed by atoms with van der Waals surface area (Å²) in [5.74, 6) is 0. The van der Waals surface area contributed by atoms with E-state index >= 15 is 0 Å². The van der Waals surface area contributed by atoms with Gasteiger partial charge in [0.25, 0.3) is 5.56 Å². The van der Waals surface area contributed by atoms with Gasteiger partial charge >= 0.3 is 0 Å². The van der Waals surface area contributed by atoms with Crippen molar-refractivity contribution in [3.8, 4) is 0 Å². The van der Waals surface area contributed by atoms with Gasteiger partial charge in [-0.25, -0.2) is 5.10 Å². The maximum absolute atomic E-state index is 11.2. The first kappa shape index (κ1) is 11.4. The maximum atomic E-state index is 11.2. The van der Waals surface area contributed by atoms with E-state index in [1.807, 2.05) is 0 Å². The van der Waals surface area contributed by atoms with Gasteiger partial charge in [0.15, 0.2) is 0 Å². The van der Waals surface area contributed by atoms with Crippen LogP contribution >= 0.6 is 11.6 Å². The number of nitrogens with one attached hydrogen (secondary N) is 3. The molecule has 0 spiro atoms. The highest BCUT2D eigenvalue weighted by molar-refractivity contribution is 6.32. The van der Waals surface area contributed by atoms with E-state index in [4.69, 9.17) is 16.3 Å². The second kappa shape index (κ2) is 5.29. The van der Waals surface area contributed by atoms with Gasteiger partial charge in [0, 0.05) is 19.6 Å². The van der Waals surface area contributed by atoms with Crippen molar-refractivity contribution in [2.75, 3.05) is 31.6 Å². The van der Waals surface area contributed by atoms with Crippen molar-refractivity contribution in [3.63, 3.8) is 0 Å². The molecular formula is C9H13ClN4O2. The minimum absolute atomic E-state index is 0.0871. The van der Waals surface area contributed by atoms with Gasteiger partial charge in [-0.3, -0.25) is 4.79 Å². The maximum Gasteiger partial charge on any atom is 0.285 e. The van der Waals surface area contributed by atoms with E-state index < -0.39 is 5.56 Å². The predicted octanol–water partition coefficient (Wildman–Crippen LogP) is -0.176. The van der Waals surface area contributed by atoms with Crippen LogP contribution in [0.2, 0.25) is 5.02 Å². The molecule has 1 aromatic rings. The molecule has 0 aromatic carbocycles. The largest absolute Gasteiger partial charge is 0.380 e. The molecule has 0 bridgehead atoms. The van der Waals surface area contributed by atoms with Crippen molar-refractivity contribution in [2.45, 2.75) is 6.10 Å². The number of hydrogen-bond acceptors (Lipinski definition) is 5. The molecule has 0 radical (unpaired) electrons. The molecule has 16 heavy (non-hydrogen) atoms. The Labute approximate surface area is 97.3 Å². The standard InChI is InChI=1S/C9H13ClN4O2/c10-8-7(5-13-14-9(8)15)12-4-6-3-11-1-2-16-6/h5-6,11H,1-4H2,(H2,12,14,15). The Kier molecular flexibility index (Phi) is 3.76. The Balaban J connectivity index is 1.93. The van der Waals surface area contributed by atoms with Crippen LogP contribution in [0.3, 0.4) is 0 Å². The lowest BCUT2D eigenvalue weighted by molar-refractivity contribution is 0.0372. The summed E-state index contributed by atoms with van der Waals surface area (Å²) >= 11 is 5.81. The van der Waals surface area contributed by atoms with Gasteiger partial charge in [-0.05, 0) is 0 Å². The number of H-pyrrole nitrogens is 1. The van der Waals surface area contributed by atoms with Crippen molar-refractivity contribution in [1.82, 2.24) is 15.5 Å². The molecule has 6 nitrogen and oxygen atoms in total. The minimum Gasteiger partial charge on any atom is -0.380 e. The molecule has 1 aliphatic rings. The van der Waals surface area contributed by atoms with Crippen LogP contribution in [0.5, 0.6) is 0 Å². The summed E-state index contributed by atoms with van der Waals surface area (Å²) in [6.07, 6.45) is 1.57. The van der Waals surface area contributed by atoms with Gasteiger partial charge in [0.1, 0.15) is 5.02 Å². The molecule has 88 valence electrons. The normalized spacial score (nSPS) is 20.7. The molecule has 3 N–H and O–H groups in total. The van der Waals surface area contributed by atoms with Gasteiger partial charge in [0.05, 0.1) is 24.6 Å². The molecule has 1 aliphatic heterocycles. The lowest BCUT2D eigenvalue weighted by Crippen LogP contribution is -2.42. The van der Waals surface area contributed by atoms with Gasteiger partial charge in [-0.15, -0.1) is 0 Å². The first-order valence-corrected chi connectivity index (χ1v) is 5.44. The molecular weight excluding hydrogens is 232 g/mol. The highest BCUT2D eigenvalue weighted by atomic mass is 35.5. The molecule has 1 saturated heterocycles. The first-order valence-electron chi connectivity index (χ1n) is 5.07. The fourth-order valence-corrected chi connectivity index (χ4v) is 1.64. The Morgan fingerprint density at radius 1 is 1.69 bits per heavy atom. The summed E-state index contributed by atoms with van der Waals surface area (Å²) < 4.78 is 5.50. The molecule has 1 atom stereocenters. The summed E-state index contributed by atoms with van der Waals surface area (Å²) in [5.41, 5.74) is 0.133. The smallest absolute Gasteiger partial charge is 0.285 e. The zero-order chi connectivity index (χ0) is 11.4. The molecule has 2 heterocycles. The Morgan fingerprint density at radius 3 is 3.31 bits per heavy atom. The van der Waals surface area contributed by atoms with Crippen molar-refractivity contribution in [1.29, 1.82) is 0 Å². The molecule has 1 aromatic heterocycles. The van der Waals surface area contributed by atoms with Crippen LogP contribution in [0.1, 0.15) is 0 Å². The second-order valence-corrected chi connectivity index (χ2v) is 3.88. The minimum atomic E-state index is -0.394. The number of hydrogen-bond donors (Lipinski definition) is 3. The first-order chi connectivity index (χ1) is 7.77. The van der Waals surface area contributed by atoms with Crippen molar-refractivity contribution >= 4 is 17.3 Å². The van der Waals surface area contributed by atoms with Crippen LogP contribution in [0, 0.1) is 0 Å². The SMILES string of the molecule is O=c1[nH]ncc(NCC2CNCCO2)c1Cl. The molecule has 7 heteroatoms. The van der Waals surface area contributed by atoms with Crippen molar-refractivity contribution in [3.05, 3.63) is 21.6 Å². The van der Waals surface area contributed by atoms with E-state index in [1.165, 1.54) is 6.20 Å². The number of aromatic amines is 1. The summed E-state index contributed by atoms with van der Waals surface area (Å²) in [7, 11) is 0. The number of halogens is 1. The van der Waals surface area contributed by atoms with Gasteiger partial charge in [0.2, 0.25) is 0 Å². The van der Waals surface area contributed by atoms with Gasteiger partial charge < -0.3 is 15.4 Å². The summed E-state index contributed by atoms with van der Waals surface area (Å²) in [6, 6.07) is 0. The van der Waals surface area contributed by atoms with Gasteiger partial charge in [-0.1, -0.05) is 11.6 Å². The number of ether oxygens (including phenoxy) is 1. The highest BCUT2D eigenvalue weighted by Crippen LogP contribution is 2.14. The van der Waals surface area contributed by atoms with Crippen LogP contribution in [-0.4, -0.2) is 42.5 Å². The number of aromatic nitrogens is 2. The zero-order valence-corrected chi connectivity index (χ0v) is 9.38. The number of nitrogens with zero attached hydrogens (tertiary/aromatic N) is 1. The number of anilines is 1. The Bertz CT molecular complexity index is 403. The Morgan fingerprint density at radius 2 is 2.56 bits per heavy atom. The lowest BCUT2D eigenvalue weighted by atomic mass is 10.3. The topological polar surface area (TPSA) is 79.0 Å². The van der Waals surface area contributed by atoms with E-state index in [2.05, 4.69) is 20.8 Å². The molecule has 0 amide bonds. The molecule has 1 fully saturated rings. The molecule has 2 rings (SSSR count). The summed E-state index contributed by atoms with van der Waals surface area (Å²) in [4.78, 5) is 11.2. The number of rotatable bonds is 3. The summed E-state index contributed by atoms with van der Waals surface area (Å²) in [5, 5.41) is 12.3. The third-order valence-corrected chi connectivity index (χ3v) is 2.70. The quantitative estimate of drug-likeness (QED) is 0.688. The van der Waals surface area contributed by atoms with Crippen LogP contribution < -0.4 is 16.2 Å². The van der Waals surface area contributed by atoms with Crippen molar-refractivity contribution < 1.29 is 4.74 Å². The van der Waals surface area contributed by atoms with E-state index in [9.17, 15) is 4.79 Å². The average molecular weight is 245 g/mol. The highest BCUT2D eigenvalue weighted by Gasteiger charge is 2.13. The average Bonchev–Trinajstić information content (AvgIpc) is 2.32. The van der Waals surface area contributed by atoms with Crippen LogP contribution in [0.15, 0.2) is 11.0 Å². The van der Waals surface area contributed by atoms with Gasteiger partial charge in [-0.2, -0.15) is 5.10 Å². The zero-order valence-electron chi connectivity index (χ0n) is 8.62. The monoisotopic (exact) mass is 244 g/mol. The van der Waals surface area contributed by atoms with E-state index in [1.54, 1.807) is 0 Å². The number of morpholine rings is 1.